The third-order valence-electron chi connectivity index (χ3n) is 5.49. The second-order valence-corrected chi connectivity index (χ2v) is 7.90. The van der Waals surface area contributed by atoms with Crippen molar-refractivity contribution in [2.45, 2.75) is 26.3 Å². The molecule has 3 heterocycles. The number of hydrogen-bond donors (Lipinski definition) is 3. The highest BCUT2D eigenvalue weighted by Gasteiger charge is 2.24. The van der Waals surface area contributed by atoms with Gasteiger partial charge in [-0.1, -0.05) is 18.2 Å². The number of amides is 2. The number of rotatable bonds is 4. The zero-order chi connectivity index (χ0) is 21.8. The predicted octanol–water partition coefficient (Wildman–Crippen LogP) is 3.03. The summed E-state index contributed by atoms with van der Waals surface area (Å²) in [7, 11) is 0. The van der Waals surface area contributed by atoms with Gasteiger partial charge in [-0.15, -0.1) is 0 Å². The van der Waals surface area contributed by atoms with Crippen LogP contribution < -0.4 is 16.6 Å². The molecule has 31 heavy (non-hydrogen) atoms. The number of anilines is 1. The largest absolute Gasteiger partial charge is 0.387 e. The Kier molecular flexibility index (Phi) is 6.08. The van der Waals surface area contributed by atoms with Crippen LogP contribution in [0.25, 0.3) is 10.9 Å². The van der Waals surface area contributed by atoms with E-state index in [1.54, 1.807) is 12.1 Å². The second kappa shape index (κ2) is 9.09. The summed E-state index contributed by atoms with van der Waals surface area (Å²) < 4.78 is 0. The zero-order valence-corrected chi connectivity index (χ0v) is 17.5. The highest BCUT2D eigenvalue weighted by atomic mass is 16.2. The first-order valence-corrected chi connectivity index (χ1v) is 10.4. The van der Waals surface area contributed by atoms with Gasteiger partial charge in [-0.25, -0.2) is 4.79 Å². The quantitative estimate of drug-likeness (QED) is 0.445. The lowest BCUT2D eigenvalue weighted by atomic mass is 9.97. The minimum atomic E-state index is -0.549. The van der Waals surface area contributed by atoms with E-state index in [2.05, 4.69) is 25.2 Å². The van der Waals surface area contributed by atoms with Crippen LogP contribution in [-0.2, 0) is 6.54 Å². The first kappa shape index (κ1) is 20.7. The Balaban J connectivity index is 1.43. The maximum Gasteiger partial charge on any atom is 0.347 e. The van der Waals surface area contributed by atoms with Crippen LogP contribution in [0.5, 0.6) is 0 Å². The summed E-state index contributed by atoms with van der Waals surface area (Å²) >= 11 is 0. The summed E-state index contributed by atoms with van der Waals surface area (Å²) in [5.41, 5.74) is 9.06. The molecular weight excluding hydrogens is 392 g/mol. The number of urea groups is 1. The molecule has 0 spiro atoms. The van der Waals surface area contributed by atoms with Crippen molar-refractivity contribution in [1.29, 1.82) is 0 Å². The van der Waals surface area contributed by atoms with Crippen LogP contribution >= 0.6 is 0 Å². The Bertz CT molecular complexity index is 1190. The number of aromatic nitrogens is 2. The van der Waals surface area contributed by atoms with Crippen LogP contribution in [0.15, 0.2) is 58.3 Å². The Morgan fingerprint density at radius 1 is 1.26 bits per heavy atom. The molecule has 8 nitrogen and oxygen atoms in total. The fourth-order valence-electron chi connectivity index (χ4n) is 3.99. The number of hydrogen-bond acceptors (Lipinski definition) is 4. The van der Waals surface area contributed by atoms with E-state index in [1.807, 2.05) is 37.3 Å². The number of aromatic amines is 1. The molecule has 1 fully saturated rings. The summed E-state index contributed by atoms with van der Waals surface area (Å²) in [6.45, 7) is 4.44. The molecule has 4 N–H and O–H groups in total. The molecule has 4 rings (SSSR count). The second-order valence-electron chi connectivity index (χ2n) is 7.90. The molecule has 160 valence electrons. The van der Waals surface area contributed by atoms with E-state index in [-0.39, 0.29) is 11.5 Å². The average Bonchev–Trinajstić information content (AvgIpc) is 2.74. The standard InChI is InChI=1S/C23H26N6O2/c1-15-5-2-8-18(25-15)14-29-12-4-7-17(13-29)22(24)28-23(31)26-19-9-3-6-16-10-11-20(30)27-21(16)19/h2-3,5-6,8-11,17H,4,7,12-14H2,1H3,(H,27,30)(H3,24,26,28,31). The molecule has 1 atom stereocenters. The van der Waals surface area contributed by atoms with Crippen molar-refractivity contribution in [2.75, 3.05) is 18.4 Å². The number of para-hydroxylation sites is 1. The number of carbonyl (C=O) groups is 1. The van der Waals surface area contributed by atoms with Crippen LogP contribution in [-0.4, -0.2) is 39.8 Å². The molecule has 3 aromatic rings. The highest BCUT2D eigenvalue weighted by molar-refractivity contribution is 6.04. The smallest absolute Gasteiger partial charge is 0.347 e. The lowest BCUT2D eigenvalue weighted by Gasteiger charge is -2.32. The van der Waals surface area contributed by atoms with Gasteiger partial charge >= 0.3 is 6.03 Å². The molecule has 0 radical (unpaired) electrons. The van der Waals surface area contributed by atoms with Gasteiger partial charge in [0.15, 0.2) is 0 Å². The molecule has 0 bridgehead atoms. The number of aliphatic imine (C=N–C) groups is 1. The van der Waals surface area contributed by atoms with Gasteiger partial charge in [0.25, 0.3) is 0 Å². The molecule has 2 amide bonds. The van der Waals surface area contributed by atoms with E-state index in [0.717, 1.165) is 49.2 Å². The Hall–Kier alpha value is -3.52. The molecule has 1 saturated heterocycles. The number of pyridine rings is 2. The molecular formula is C23H26N6O2. The average molecular weight is 419 g/mol. The van der Waals surface area contributed by atoms with Gasteiger partial charge in [0.2, 0.25) is 5.56 Å². The normalized spacial score (nSPS) is 17.6. The van der Waals surface area contributed by atoms with Crippen LogP contribution in [0.2, 0.25) is 0 Å². The molecule has 0 saturated carbocycles. The van der Waals surface area contributed by atoms with Crippen molar-refractivity contribution in [2.24, 2.45) is 16.6 Å². The van der Waals surface area contributed by atoms with Crippen LogP contribution in [0.4, 0.5) is 10.5 Å². The number of nitrogens with one attached hydrogen (secondary N) is 2. The van der Waals surface area contributed by atoms with Gasteiger partial charge in [0.05, 0.1) is 16.9 Å². The monoisotopic (exact) mass is 418 g/mol. The number of fused-ring (bicyclic) bond motifs is 1. The van der Waals surface area contributed by atoms with E-state index >= 15 is 0 Å². The molecule has 1 aliphatic heterocycles. The van der Waals surface area contributed by atoms with Gasteiger partial charge < -0.3 is 16.0 Å². The number of benzene rings is 1. The van der Waals surface area contributed by atoms with Gasteiger partial charge in [-0.2, -0.15) is 4.99 Å². The predicted molar refractivity (Wildman–Crippen MR) is 122 cm³/mol. The van der Waals surface area contributed by atoms with Crippen molar-refractivity contribution in [3.63, 3.8) is 0 Å². The van der Waals surface area contributed by atoms with E-state index in [0.29, 0.717) is 17.0 Å². The third-order valence-corrected chi connectivity index (χ3v) is 5.49. The summed E-state index contributed by atoms with van der Waals surface area (Å²) in [6, 6.07) is 14.0. The summed E-state index contributed by atoms with van der Waals surface area (Å²) in [4.78, 5) is 37.9. The van der Waals surface area contributed by atoms with Crippen molar-refractivity contribution in [3.8, 4) is 0 Å². The van der Waals surface area contributed by atoms with E-state index < -0.39 is 6.03 Å². The topological polar surface area (TPSA) is 116 Å². The number of aryl methyl sites for hydroxylation is 1. The SMILES string of the molecule is Cc1cccc(CN2CCCC(/C(N)=N/C(=O)Nc3cccc4ccc(=O)[nH]c34)C2)n1. The number of piperidine rings is 1. The molecule has 8 heteroatoms. The lowest BCUT2D eigenvalue weighted by Crippen LogP contribution is -2.41. The fourth-order valence-corrected chi connectivity index (χ4v) is 3.99. The first-order chi connectivity index (χ1) is 15.0. The number of H-pyrrole nitrogens is 1. The number of likely N-dealkylation sites (tertiary alicyclic amines) is 1. The Morgan fingerprint density at radius 2 is 2.10 bits per heavy atom. The van der Waals surface area contributed by atoms with Crippen molar-refractivity contribution < 1.29 is 4.79 Å². The number of carbonyl (C=O) groups excluding carboxylic acids is 1. The van der Waals surface area contributed by atoms with Crippen LogP contribution in [0.1, 0.15) is 24.2 Å². The van der Waals surface area contributed by atoms with Crippen molar-refractivity contribution in [3.05, 3.63) is 70.3 Å². The molecule has 1 aromatic carbocycles. The number of nitrogens with two attached hydrogens (primary N) is 1. The van der Waals surface area contributed by atoms with Crippen molar-refractivity contribution in [1.82, 2.24) is 14.9 Å². The molecule has 1 unspecified atom stereocenters. The Morgan fingerprint density at radius 3 is 2.94 bits per heavy atom. The molecule has 1 aliphatic rings. The third kappa shape index (κ3) is 5.16. The summed E-state index contributed by atoms with van der Waals surface area (Å²) in [5, 5.41) is 3.56. The van der Waals surface area contributed by atoms with E-state index in [4.69, 9.17) is 5.73 Å². The minimum absolute atomic E-state index is 0.0108. The maximum atomic E-state index is 12.5. The Labute approximate surface area is 180 Å². The minimum Gasteiger partial charge on any atom is -0.387 e. The van der Waals surface area contributed by atoms with Gasteiger partial charge in [0.1, 0.15) is 5.84 Å². The first-order valence-electron chi connectivity index (χ1n) is 10.4. The highest BCUT2D eigenvalue weighted by Crippen LogP contribution is 2.21. The fraction of sp³-hybridized carbons (Fsp3) is 0.304. The van der Waals surface area contributed by atoms with Crippen LogP contribution in [0.3, 0.4) is 0 Å². The maximum absolute atomic E-state index is 12.5. The summed E-state index contributed by atoms with van der Waals surface area (Å²) in [6.07, 6.45) is 1.88. The van der Waals surface area contributed by atoms with Gasteiger partial charge in [-0.05, 0) is 50.6 Å². The number of nitrogens with zero attached hydrogens (tertiary/aromatic N) is 3. The van der Waals surface area contributed by atoms with Crippen molar-refractivity contribution >= 4 is 28.5 Å². The van der Waals surface area contributed by atoms with E-state index in [1.165, 1.54) is 6.07 Å². The van der Waals surface area contributed by atoms with Gasteiger partial charge in [-0.3, -0.25) is 14.7 Å². The van der Waals surface area contributed by atoms with Gasteiger partial charge in [0, 0.05) is 36.2 Å². The summed E-state index contributed by atoms with van der Waals surface area (Å²) in [5.74, 6) is 0.338. The number of amidine groups is 1. The van der Waals surface area contributed by atoms with E-state index in [9.17, 15) is 9.59 Å². The van der Waals surface area contributed by atoms with Crippen LogP contribution in [0, 0.1) is 12.8 Å². The zero-order valence-electron chi connectivity index (χ0n) is 17.5. The molecule has 0 aliphatic carbocycles. The lowest BCUT2D eigenvalue weighted by molar-refractivity contribution is 0.194. The molecule has 2 aromatic heterocycles.